The van der Waals surface area contributed by atoms with E-state index in [1.54, 1.807) is 20.2 Å². The Hall–Kier alpha value is -2.29. The lowest BCUT2D eigenvalue weighted by atomic mass is 10.2. The van der Waals surface area contributed by atoms with E-state index in [1.165, 1.54) is 41.3 Å². The first-order chi connectivity index (χ1) is 13.0. The highest BCUT2D eigenvalue weighted by molar-refractivity contribution is 7.92. The highest BCUT2D eigenvalue weighted by Crippen LogP contribution is 2.25. The van der Waals surface area contributed by atoms with Crippen molar-refractivity contribution in [2.24, 2.45) is 0 Å². The molecule has 0 fully saturated rings. The Balaban J connectivity index is 2.21. The summed E-state index contributed by atoms with van der Waals surface area (Å²) in [5.41, 5.74) is 1.06. The molecule has 0 bridgehead atoms. The molecule has 0 aliphatic heterocycles. The number of nitrogens with one attached hydrogen (secondary N) is 1. The maximum Gasteiger partial charge on any atom is 0.253 e. The highest BCUT2D eigenvalue weighted by atomic mass is 35.5. The molecule has 0 radical (unpaired) electrons. The van der Waals surface area contributed by atoms with E-state index in [0.717, 1.165) is 10.6 Å². The van der Waals surface area contributed by atoms with Crippen molar-refractivity contribution in [2.75, 3.05) is 36.5 Å². The lowest BCUT2D eigenvalue weighted by Crippen LogP contribution is -2.37. The molecule has 28 heavy (non-hydrogen) atoms. The summed E-state index contributed by atoms with van der Waals surface area (Å²) in [4.78, 5) is 25.7. The van der Waals surface area contributed by atoms with Crippen LogP contribution in [-0.4, -0.2) is 52.0 Å². The molecule has 2 rings (SSSR count). The van der Waals surface area contributed by atoms with Gasteiger partial charge in [0.1, 0.15) is 6.54 Å². The highest BCUT2D eigenvalue weighted by Gasteiger charge is 2.21. The Morgan fingerprint density at radius 1 is 1.00 bits per heavy atom. The summed E-state index contributed by atoms with van der Waals surface area (Å²) in [6.07, 6.45) is 0.998. The number of carbonyl (C=O) groups is 2. The molecule has 0 aliphatic carbocycles. The zero-order valence-corrected chi connectivity index (χ0v) is 17.8. The van der Waals surface area contributed by atoms with Gasteiger partial charge in [-0.3, -0.25) is 13.9 Å². The van der Waals surface area contributed by atoms with Crippen molar-refractivity contribution in [3.63, 3.8) is 0 Å². The fourth-order valence-electron chi connectivity index (χ4n) is 2.33. The number of rotatable bonds is 6. The molecule has 0 aromatic heterocycles. The van der Waals surface area contributed by atoms with Gasteiger partial charge in [-0.05, 0) is 42.5 Å². The molecule has 0 heterocycles. The molecule has 0 saturated heterocycles. The third-order valence-electron chi connectivity index (χ3n) is 3.70. The number of benzene rings is 2. The van der Waals surface area contributed by atoms with E-state index in [4.69, 9.17) is 23.2 Å². The second kappa shape index (κ2) is 8.81. The average molecular weight is 444 g/mol. The fraction of sp³-hybridized carbons (Fsp3) is 0.222. The summed E-state index contributed by atoms with van der Waals surface area (Å²) >= 11 is 11.8. The fourth-order valence-corrected chi connectivity index (χ4v) is 3.49. The van der Waals surface area contributed by atoms with Crippen molar-refractivity contribution in [1.82, 2.24) is 4.90 Å². The second-order valence-corrected chi connectivity index (χ2v) is 8.91. The van der Waals surface area contributed by atoms with Gasteiger partial charge in [-0.25, -0.2) is 8.42 Å². The Morgan fingerprint density at radius 2 is 1.61 bits per heavy atom. The summed E-state index contributed by atoms with van der Waals surface area (Å²) in [6, 6.07) is 10.5. The number of hydrogen-bond acceptors (Lipinski definition) is 4. The predicted molar refractivity (Wildman–Crippen MR) is 112 cm³/mol. The van der Waals surface area contributed by atoms with Crippen LogP contribution in [-0.2, 0) is 14.8 Å². The summed E-state index contributed by atoms with van der Waals surface area (Å²) in [7, 11) is -0.505. The number of halogens is 2. The van der Waals surface area contributed by atoms with Crippen molar-refractivity contribution in [2.45, 2.75) is 0 Å². The standard InChI is InChI=1S/C18H19Cl2N3O4S/c1-22(2)18(25)12-4-7-14(8-5-12)23(28(3,26)27)11-17(24)21-13-6-9-15(19)16(20)10-13/h4-10H,11H2,1-3H3,(H,21,24). The van der Waals surface area contributed by atoms with Crippen molar-refractivity contribution in [3.05, 3.63) is 58.1 Å². The third kappa shape index (κ3) is 5.60. The van der Waals surface area contributed by atoms with Gasteiger partial charge < -0.3 is 10.2 Å². The molecule has 0 saturated carbocycles. The average Bonchev–Trinajstić information content (AvgIpc) is 2.61. The zero-order chi connectivity index (χ0) is 21.1. The molecular weight excluding hydrogens is 425 g/mol. The number of carbonyl (C=O) groups excluding carboxylic acids is 2. The van der Waals surface area contributed by atoms with Crippen molar-refractivity contribution in [1.29, 1.82) is 0 Å². The Kier molecular flexibility index (Phi) is 6.92. The largest absolute Gasteiger partial charge is 0.345 e. The molecular formula is C18H19Cl2N3O4S. The molecule has 0 spiro atoms. The van der Waals surface area contributed by atoms with Gasteiger partial charge in [-0.1, -0.05) is 23.2 Å². The van der Waals surface area contributed by atoms with Crippen LogP contribution in [0.3, 0.4) is 0 Å². The molecule has 7 nitrogen and oxygen atoms in total. The topological polar surface area (TPSA) is 86.8 Å². The van der Waals surface area contributed by atoms with E-state index in [1.807, 2.05) is 0 Å². The van der Waals surface area contributed by atoms with Gasteiger partial charge >= 0.3 is 0 Å². The van der Waals surface area contributed by atoms with Crippen LogP contribution in [0.5, 0.6) is 0 Å². The van der Waals surface area contributed by atoms with E-state index in [0.29, 0.717) is 16.3 Å². The summed E-state index contributed by atoms with van der Waals surface area (Å²) in [5, 5.41) is 3.18. The first-order valence-electron chi connectivity index (χ1n) is 8.03. The lowest BCUT2D eigenvalue weighted by molar-refractivity contribution is -0.114. The number of amides is 2. The lowest BCUT2D eigenvalue weighted by Gasteiger charge is -2.22. The van der Waals surface area contributed by atoms with E-state index in [2.05, 4.69) is 5.32 Å². The van der Waals surface area contributed by atoms with Crippen molar-refractivity contribution >= 4 is 56.4 Å². The van der Waals surface area contributed by atoms with Gasteiger partial charge in [-0.15, -0.1) is 0 Å². The Labute approximate surface area is 173 Å². The van der Waals surface area contributed by atoms with Crippen LogP contribution in [0.4, 0.5) is 11.4 Å². The third-order valence-corrected chi connectivity index (χ3v) is 5.58. The normalized spacial score (nSPS) is 11.0. The van der Waals surface area contributed by atoms with Gasteiger partial charge in [0.2, 0.25) is 15.9 Å². The molecule has 0 unspecified atom stereocenters. The van der Waals surface area contributed by atoms with Gasteiger partial charge in [-0.2, -0.15) is 0 Å². The second-order valence-electron chi connectivity index (χ2n) is 6.19. The number of anilines is 2. The van der Waals surface area contributed by atoms with Crippen LogP contribution in [0.2, 0.25) is 10.0 Å². The van der Waals surface area contributed by atoms with Crippen LogP contribution in [0.25, 0.3) is 0 Å². The summed E-state index contributed by atoms with van der Waals surface area (Å²) in [6.45, 7) is -0.444. The van der Waals surface area contributed by atoms with Crippen LogP contribution in [0.1, 0.15) is 10.4 Å². The number of sulfonamides is 1. The number of hydrogen-bond donors (Lipinski definition) is 1. The summed E-state index contributed by atoms with van der Waals surface area (Å²) < 4.78 is 25.3. The van der Waals surface area contributed by atoms with Crippen molar-refractivity contribution in [3.8, 4) is 0 Å². The van der Waals surface area contributed by atoms with Gasteiger partial charge in [0, 0.05) is 25.3 Å². The SMILES string of the molecule is CN(C)C(=O)c1ccc(N(CC(=O)Nc2ccc(Cl)c(Cl)c2)S(C)(=O)=O)cc1. The summed E-state index contributed by atoms with van der Waals surface area (Å²) in [5.74, 6) is -0.771. The van der Waals surface area contributed by atoms with Crippen LogP contribution < -0.4 is 9.62 Å². The maximum atomic E-state index is 12.3. The molecule has 150 valence electrons. The molecule has 1 N–H and O–H groups in total. The minimum Gasteiger partial charge on any atom is -0.345 e. The quantitative estimate of drug-likeness (QED) is 0.742. The van der Waals surface area contributed by atoms with E-state index >= 15 is 0 Å². The van der Waals surface area contributed by atoms with Gasteiger partial charge in [0.05, 0.1) is 22.0 Å². The molecule has 10 heteroatoms. The van der Waals surface area contributed by atoms with E-state index in [-0.39, 0.29) is 16.6 Å². The van der Waals surface area contributed by atoms with Crippen LogP contribution >= 0.6 is 23.2 Å². The number of nitrogens with zero attached hydrogens (tertiary/aromatic N) is 2. The predicted octanol–water partition coefficient (Wildman–Crippen LogP) is 3.10. The smallest absolute Gasteiger partial charge is 0.253 e. The Morgan fingerprint density at radius 3 is 2.11 bits per heavy atom. The first kappa shape index (κ1) is 22.0. The molecule has 0 aliphatic rings. The van der Waals surface area contributed by atoms with E-state index in [9.17, 15) is 18.0 Å². The van der Waals surface area contributed by atoms with Crippen molar-refractivity contribution < 1.29 is 18.0 Å². The zero-order valence-electron chi connectivity index (χ0n) is 15.4. The van der Waals surface area contributed by atoms with Gasteiger partial charge in [0.25, 0.3) is 5.91 Å². The first-order valence-corrected chi connectivity index (χ1v) is 10.6. The minimum atomic E-state index is -3.74. The minimum absolute atomic E-state index is 0.213. The maximum absolute atomic E-state index is 12.3. The van der Waals surface area contributed by atoms with Crippen LogP contribution in [0.15, 0.2) is 42.5 Å². The molecule has 2 aromatic carbocycles. The van der Waals surface area contributed by atoms with Gasteiger partial charge in [0.15, 0.2) is 0 Å². The monoisotopic (exact) mass is 443 g/mol. The van der Waals surface area contributed by atoms with Crippen LogP contribution in [0, 0.1) is 0 Å². The molecule has 2 aromatic rings. The Bertz CT molecular complexity index is 992. The van der Waals surface area contributed by atoms with E-state index < -0.39 is 22.5 Å². The molecule has 2 amide bonds. The molecule has 0 atom stereocenters.